The number of thioether (sulfide) groups is 1. The Morgan fingerprint density at radius 3 is 2.81 bits per heavy atom. The van der Waals surface area contributed by atoms with E-state index in [4.69, 9.17) is 0 Å². The summed E-state index contributed by atoms with van der Waals surface area (Å²) >= 11 is -0.301. The summed E-state index contributed by atoms with van der Waals surface area (Å²) in [6.45, 7) is 3.51. The van der Waals surface area contributed by atoms with Crippen LogP contribution in [0, 0.1) is 5.92 Å². The van der Waals surface area contributed by atoms with Crippen LogP contribution in [0.1, 0.15) is 13.3 Å². The van der Waals surface area contributed by atoms with E-state index in [0.717, 1.165) is 13.0 Å². The highest BCUT2D eigenvalue weighted by Crippen LogP contribution is 2.29. The Kier molecular flexibility index (Phi) is 4.91. The molecule has 1 saturated heterocycles. The van der Waals surface area contributed by atoms with E-state index in [-0.39, 0.29) is 17.8 Å². The molecule has 2 N–H and O–H groups in total. The monoisotopic (exact) mass is 256 g/mol. The van der Waals surface area contributed by atoms with E-state index < -0.39 is 17.2 Å². The number of alkyl halides is 3. The second kappa shape index (κ2) is 5.77. The van der Waals surface area contributed by atoms with Gasteiger partial charge in [-0.3, -0.25) is 4.79 Å². The number of halogens is 3. The minimum Gasteiger partial charge on any atom is -0.351 e. The molecular formula is C9H15F3N2OS. The minimum absolute atomic E-state index is 0.0601. The first kappa shape index (κ1) is 13.6. The predicted molar refractivity (Wildman–Crippen MR) is 57.1 cm³/mol. The molecule has 0 bridgehead atoms. The van der Waals surface area contributed by atoms with Gasteiger partial charge < -0.3 is 10.6 Å². The van der Waals surface area contributed by atoms with E-state index in [2.05, 4.69) is 10.6 Å². The van der Waals surface area contributed by atoms with Crippen LogP contribution in [0.3, 0.4) is 0 Å². The number of hydrogen-bond donors (Lipinski definition) is 2. The lowest BCUT2D eigenvalue weighted by Gasteiger charge is -2.30. The molecule has 1 aliphatic rings. The normalized spacial score (nSPS) is 26.5. The van der Waals surface area contributed by atoms with Gasteiger partial charge in [0, 0.05) is 12.6 Å². The van der Waals surface area contributed by atoms with Gasteiger partial charge in [0.25, 0.3) is 0 Å². The molecule has 3 nitrogen and oxygen atoms in total. The Bertz CT molecular complexity index is 247. The van der Waals surface area contributed by atoms with E-state index >= 15 is 0 Å². The molecule has 1 heterocycles. The molecule has 1 fully saturated rings. The van der Waals surface area contributed by atoms with E-state index in [9.17, 15) is 18.0 Å². The quantitative estimate of drug-likeness (QED) is 0.801. The van der Waals surface area contributed by atoms with Gasteiger partial charge in [-0.1, -0.05) is 6.92 Å². The summed E-state index contributed by atoms with van der Waals surface area (Å²) in [6, 6.07) is -0.0601. The third-order valence-electron chi connectivity index (χ3n) is 2.54. The Labute approximate surface area is 96.5 Å². The minimum atomic E-state index is -4.34. The zero-order chi connectivity index (χ0) is 12.2. The Morgan fingerprint density at radius 1 is 1.56 bits per heavy atom. The van der Waals surface area contributed by atoms with Crippen LogP contribution in [0.15, 0.2) is 0 Å². The first-order valence-electron chi connectivity index (χ1n) is 5.09. The average Bonchev–Trinajstić information content (AvgIpc) is 2.18. The number of amides is 1. The molecule has 2 unspecified atom stereocenters. The second-order valence-electron chi connectivity index (χ2n) is 3.88. The van der Waals surface area contributed by atoms with E-state index in [1.807, 2.05) is 6.92 Å². The molecule has 0 radical (unpaired) electrons. The van der Waals surface area contributed by atoms with Crippen molar-refractivity contribution in [2.45, 2.75) is 24.9 Å². The van der Waals surface area contributed by atoms with Crippen molar-refractivity contribution in [2.75, 3.05) is 18.8 Å². The second-order valence-corrected chi connectivity index (χ2v) is 4.92. The van der Waals surface area contributed by atoms with Gasteiger partial charge >= 0.3 is 5.51 Å². The molecule has 16 heavy (non-hydrogen) atoms. The first-order valence-corrected chi connectivity index (χ1v) is 6.08. The highest BCUT2D eigenvalue weighted by molar-refractivity contribution is 8.00. The molecule has 0 aliphatic carbocycles. The van der Waals surface area contributed by atoms with Crippen LogP contribution in [0.4, 0.5) is 13.2 Å². The van der Waals surface area contributed by atoms with Crippen molar-refractivity contribution in [1.82, 2.24) is 10.6 Å². The molecule has 7 heteroatoms. The fourth-order valence-corrected chi connectivity index (χ4v) is 1.96. The zero-order valence-corrected chi connectivity index (χ0v) is 9.75. The number of piperidine rings is 1. The smallest absolute Gasteiger partial charge is 0.351 e. The molecule has 1 rings (SSSR count). The van der Waals surface area contributed by atoms with Crippen molar-refractivity contribution in [3.8, 4) is 0 Å². The van der Waals surface area contributed by atoms with Gasteiger partial charge in [0.05, 0.1) is 5.75 Å². The molecular weight excluding hydrogens is 241 g/mol. The average molecular weight is 256 g/mol. The fourth-order valence-electron chi connectivity index (χ4n) is 1.58. The number of hydrogen-bond acceptors (Lipinski definition) is 3. The van der Waals surface area contributed by atoms with Crippen LogP contribution >= 0.6 is 11.8 Å². The van der Waals surface area contributed by atoms with Crippen LogP contribution < -0.4 is 10.6 Å². The molecule has 1 amide bonds. The number of nitrogens with one attached hydrogen (secondary N) is 2. The van der Waals surface area contributed by atoms with Gasteiger partial charge in [0.1, 0.15) is 0 Å². The summed E-state index contributed by atoms with van der Waals surface area (Å²) in [4.78, 5) is 11.2. The van der Waals surface area contributed by atoms with E-state index in [1.54, 1.807) is 0 Å². The molecule has 1 aliphatic heterocycles. The third kappa shape index (κ3) is 5.07. The standard InChI is InChI=1S/C9H15F3N2OS/c1-6-2-3-13-4-7(6)14-8(15)5-16-9(10,11)12/h6-7,13H,2-5H2,1H3,(H,14,15). The molecule has 2 atom stereocenters. The van der Waals surface area contributed by atoms with Crippen molar-refractivity contribution in [1.29, 1.82) is 0 Å². The topological polar surface area (TPSA) is 41.1 Å². The number of carbonyl (C=O) groups is 1. The van der Waals surface area contributed by atoms with Crippen molar-refractivity contribution in [3.63, 3.8) is 0 Å². The van der Waals surface area contributed by atoms with Crippen LogP contribution in [0.2, 0.25) is 0 Å². The largest absolute Gasteiger partial charge is 0.442 e. The molecule has 0 aromatic carbocycles. The van der Waals surface area contributed by atoms with Gasteiger partial charge in [0.2, 0.25) is 5.91 Å². The number of carbonyl (C=O) groups excluding carboxylic acids is 1. The summed E-state index contributed by atoms with van der Waals surface area (Å²) in [5, 5.41) is 5.72. The summed E-state index contributed by atoms with van der Waals surface area (Å²) in [5.74, 6) is -0.809. The van der Waals surface area contributed by atoms with Crippen LogP contribution in [-0.4, -0.2) is 36.3 Å². The lowest BCUT2D eigenvalue weighted by atomic mass is 9.95. The van der Waals surface area contributed by atoms with Gasteiger partial charge in [-0.05, 0) is 30.6 Å². The summed E-state index contributed by atoms with van der Waals surface area (Å²) in [5.41, 5.74) is -4.34. The first-order chi connectivity index (χ1) is 7.38. The molecule has 0 spiro atoms. The van der Waals surface area contributed by atoms with Crippen molar-refractivity contribution >= 4 is 17.7 Å². The van der Waals surface area contributed by atoms with Crippen LogP contribution in [0.25, 0.3) is 0 Å². The van der Waals surface area contributed by atoms with Crippen LogP contribution in [0.5, 0.6) is 0 Å². The highest BCUT2D eigenvalue weighted by Gasteiger charge is 2.30. The fraction of sp³-hybridized carbons (Fsp3) is 0.889. The number of rotatable bonds is 3. The zero-order valence-electron chi connectivity index (χ0n) is 8.93. The van der Waals surface area contributed by atoms with E-state index in [0.29, 0.717) is 12.5 Å². The Morgan fingerprint density at radius 2 is 2.25 bits per heavy atom. The van der Waals surface area contributed by atoms with Gasteiger partial charge in [-0.25, -0.2) is 0 Å². The molecule has 0 saturated carbocycles. The Balaban J connectivity index is 2.28. The van der Waals surface area contributed by atoms with Crippen molar-refractivity contribution in [2.24, 2.45) is 5.92 Å². The summed E-state index contributed by atoms with van der Waals surface area (Å²) in [6.07, 6.45) is 0.928. The predicted octanol–water partition coefficient (Wildman–Crippen LogP) is 1.35. The van der Waals surface area contributed by atoms with Gasteiger partial charge in [0.15, 0.2) is 0 Å². The molecule has 0 aromatic heterocycles. The maximum Gasteiger partial charge on any atom is 0.442 e. The van der Waals surface area contributed by atoms with E-state index in [1.165, 1.54) is 0 Å². The van der Waals surface area contributed by atoms with Gasteiger partial charge in [-0.15, -0.1) is 0 Å². The van der Waals surface area contributed by atoms with Crippen molar-refractivity contribution in [3.05, 3.63) is 0 Å². The maximum atomic E-state index is 11.8. The third-order valence-corrected chi connectivity index (χ3v) is 3.27. The lowest BCUT2D eigenvalue weighted by molar-refractivity contribution is -0.119. The summed E-state index contributed by atoms with van der Waals surface area (Å²) < 4.78 is 35.5. The van der Waals surface area contributed by atoms with Crippen molar-refractivity contribution < 1.29 is 18.0 Å². The Hall–Kier alpha value is -0.430. The van der Waals surface area contributed by atoms with Crippen LogP contribution in [-0.2, 0) is 4.79 Å². The van der Waals surface area contributed by atoms with Gasteiger partial charge in [-0.2, -0.15) is 13.2 Å². The molecule has 94 valence electrons. The summed E-state index contributed by atoms with van der Waals surface area (Å²) in [7, 11) is 0. The molecule has 0 aromatic rings. The maximum absolute atomic E-state index is 11.8. The highest BCUT2D eigenvalue weighted by atomic mass is 32.2. The lowest BCUT2D eigenvalue weighted by Crippen LogP contribution is -2.50. The SMILES string of the molecule is CC1CCNCC1NC(=O)CSC(F)(F)F.